The van der Waals surface area contributed by atoms with Crippen LogP contribution >= 0.6 is 23.8 Å². The summed E-state index contributed by atoms with van der Waals surface area (Å²) in [6.07, 6.45) is 1.55. The van der Waals surface area contributed by atoms with Gasteiger partial charge < -0.3 is 9.30 Å². The van der Waals surface area contributed by atoms with Gasteiger partial charge in [0.25, 0.3) is 11.8 Å². The van der Waals surface area contributed by atoms with E-state index < -0.39 is 17.8 Å². The Balaban J connectivity index is 1.74. The van der Waals surface area contributed by atoms with Crippen LogP contribution in [0.2, 0.25) is 5.02 Å². The fourth-order valence-electron chi connectivity index (χ4n) is 3.98. The second-order valence-electron chi connectivity index (χ2n) is 7.87. The smallest absolute Gasteiger partial charge is 0.338 e. The van der Waals surface area contributed by atoms with Gasteiger partial charge in [0.15, 0.2) is 5.11 Å². The third kappa shape index (κ3) is 4.76. The number of hydrogen-bond donors (Lipinski definition) is 1. The number of nitrogens with zero attached hydrogens (tertiary/aromatic N) is 2. The molecule has 2 amide bonds. The molecule has 1 aliphatic rings. The van der Waals surface area contributed by atoms with E-state index in [1.807, 2.05) is 30.5 Å². The Morgan fingerprint density at radius 1 is 1.09 bits per heavy atom. The van der Waals surface area contributed by atoms with Crippen LogP contribution in [-0.4, -0.2) is 34.1 Å². The van der Waals surface area contributed by atoms with E-state index in [4.69, 9.17) is 28.6 Å². The summed E-state index contributed by atoms with van der Waals surface area (Å²) in [6.45, 7) is 5.82. The zero-order valence-corrected chi connectivity index (χ0v) is 20.9. The van der Waals surface area contributed by atoms with E-state index in [2.05, 4.69) is 5.32 Å². The van der Waals surface area contributed by atoms with Crippen LogP contribution in [-0.2, 0) is 14.3 Å². The number of nitrogens with one attached hydrogen (secondary N) is 1. The minimum absolute atomic E-state index is 0.0133. The fourth-order valence-corrected chi connectivity index (χ4v) is 4.45. The van der Waals surface area contributed by atoms with Crippen LogP contribution in [0.15, 0.2) is 60.2 Å². The van der Waals surface area contributed by atoms with Gasteiger partial charge in [-0.3, -0.25) is 19.8 Å². The number of anilines is 1. The summed E-state index contributed by atoms with van der Waals surface area (Å²) in [5.74, 6) is -1.52. The monoisotopic (exact) mass is 507 g/mol. The first-order valence-corrected chi connectivity index (χ1v) is 11.6. The molecule has 3 aromatic rings. The van der Waals surface area contributed by atoms with Gasteiger partial charge >= 0.3 is 5.97 Å². The molecule has 0 unspecified atom stereocenters. The summed E-state index contributed by atoms with van der Waals surface area (Å²) in [6, 6.07) is 15.6. The first kappa shape index (κ1) is 24.4. The van der Waals surface area contributed by atoms with E-state index in [1.165, 1.54) is 4.90 Å². The van der Waals surface area contributed by atoms with Gasteiger partial charge in [-0.25, -0.2) is 4.79 Å². The van der Waals surface area contributed by atoms with E-state index in [0.29, 0.717) is 21.8 Å². The van der Waals surface area contributed by atoms with Crippen molar-refractivity contribution in [1.29, 1.82) is 0 Å². The Labute approximate surface area is 212 Å². The molecule has 2 heterocycles. The second kappa shape index (κ2) is 9.85. The lowest BCUT2D eigenvalue weighted by Gasteiger charge is -2.29. The summed E-state index contributed by atoms with van der Waals surface area (Å²) in [7, 11) is 0. The fraction of sp³-hybridized carbons (Fsp3) is 0.154. The topological polar surface area (TPSA) is 80.6 Å². The van der Waals surface area contributed by atoms with Crippen molar-refractivity contribution in [2.45, 2.75) is 20.8 Å². The Morgan fingerprint density at radius 3 is 2.51 bits per heavy atom. The largest absolute Gasteiger partial charge is 0.462 e. The molecule has 0 saturated carbocycles. The predicted octanol–water partition coefficient (Wildman–Crippen LogP) is 4.76. The minimum Gasteiger partial charge on any atom is -0.462 e. The number of rotatable bonds is 5. The third-order valence-electron chi connectivity index (χ3n) is 5.55. The molecular formula is C26H22ClN3O4S. The first-order chi connectivity index (χ1) is 16.7. The first-order valence-electron chi connectivity index (χ1n) is 10.8. The van der Waals surface area contributed by atoms with Crippen molar-refractivity contribution >= 4 is 58.5 Å². The lowest BCUT2D eigenvalue weighted by Crippen LogP contribution is -2.54. The molecule has 0 spiro atoms. The van der Waals surface area contributed by atoms with Gasteiger partial charge in [-0.1, -0.05) is 23.7 Å². The number of thiocarbonyl (C=S) groups is 1. The van der Waals surface area contributed by atoms with Crippen molar-refractivity contribution in [3.05, 3.63) is 87.7 Å². The highest BCUT2D eigenvalue weighted by Gasteiger charge is 2.34. The second-order valence-corrected chi connectivity index (χ2v) is 8.69. The molecule has 1 saturated heterocycles. The zero-order chi connectivity index (χ0) is 25.3. The standard InChI is InChI=1S/C26H22ClN3O4S/c1-4-34-25(33)17-7-5-9-20(12-17)29-15(2)11-18(16(29)3)13-22-23(31)28-26(35)30(24(22)32)21-10-6-8-19(27)14-21/h5-14H,4H2,1-3H3,(H,28,31,35)/b22-13+. The molecule has 2 aromatic carbocycles. The van der Waals surface area contributed by atoms with Gasteiger partial charge in [-0.05, 0) is 87.1 Å². The molecule has 1 aliphatic heterocycles. The molecule has 178 valence electrons. The van der Waals surface area contributed by atoms with Crippen LogP contribution in [0, 0.1) is 13.8 Å². The average Bonchev–Trinajstić information content (AvgIpc) is 3.09. The number of carbonyl (C=O) groups excluding carboxylic acids is 3. The molecular weight excluding hydrogens is 486 g/mol. The summed E-state index contributed by atoms with van der Waals surface area (Å²) in [5.41, 5.74) is 3.93. The van der Waals surface area contributed by atoms with Crippen LogP contribution in [0.3, 0.4) is 0 Å². The molecule has 35 heavy (non-hydrogen) atoms. The molecule has 9 heteroatoms. The zero-order valence-electron chi connectivity index (χ0n) is 19.3. The highest BCUT2D eigenvalue weighted by Crippen LogP contribution is 2.27. The van der Waals surface area contributed by atoms with Gasteiger partial charge in [-0.2, -0.15) is 0 Å². The Morgan fingerprint density at radius 2 is 1.80 bits per heavy atom. The number of halogens is 1. The molecule has 0 bridgehead atoms. The van der Waals surface area contributed by atoms with Crippen molar-refractivity contribution < 1.29 is 19.1 Å². The summed E-state index contributed by atoms with van der Waals surface area (Å²) in [5, 5.41) is 3.01. The summed E-state index contributed by atoms with van der Waals surface area (Å²) < 4.78 is 7.05. The number of esters is 1. The molecule has 1 fully saturated rings. The number of aromatic nitrogens is 1. The highest BCUT2D eigenvalue weighted by molar-refractivity contribution is 7.80. The SMILES string of the molecule is CCOC(=O)c1cccc(-n2c(C)cc(/C=C3\C(=O)NC(=S)N(c4cccc(Cl)c4)C3=O)c2C)c1. The van der Waals surface area contributed by atoms with Crippen LogP contribution in [0.1, 0.15) is 34.2 Å². The van der Waals surface area contributed by atoms with Crippen LogP contribution in [0.25, 0.3) is 11.8 Å². The average molecular weight is 508 g/mol. The highest BCUT2D eigenvalue weighted by atomic mass is 35.5. The number of amides is 2. The van der Waals surface area contributed by atoms with Crippen molar-refractivity contribution in [1.82, 2.24) is 9.88 Å². The van der Waals surface area contributed by atoms with Crippen LogP contribution in [0.4, 0.5) is 5.69 Å². The van der Waals surface area contributed by atoms with Gasteiger partial charge in [0.2, 0.25) is 0 Å². The molecule has 1 aromatic heterocycles. The van der Waals surface area contributed by atoms with Gasteiger partial charge in [0, 0.05) is 22.1 Å². The Kier molecular flexibility index (Phi) is 6.86. The maximum absolute atomic E-state index is 13.3. The van der Waals surface area contributed by atoms with E-state index in [9.17, 15) is 14.4 Å². The number of hydrogen-bond acceptors (Lipinski definition) is 5. The van der Waals surface area contributed by atoms with Crippen molar-refractivity contribution in [2.24, 2.45) is 0 Å². The van der Waals surface area contributed by atoms with E-state index >= 15 is 0 Å². The lowest BCUT2D eigenvalue weighted by molar-refractivity contribution is -0.122. The lowest BCUT2D eigenvalue weighted by atomic mass is 10.1. The van der Waals surface area contributed by atoms with Crippen LogP contribution < -0.4 is 10.2 Å². The number of carbonyl (C=O) groups is 3. The van der Waals surface area contributed by atoms with Gasteiger partial charge in [0.1, 0.15) is 5.57 Å². The van der Waals surface area contributed by atoms with E-state index in [1.54, 1.807) is 55.5 Å². The van der Waals surface area contributed by atoms with Crippen molar-refractivity contribution in [3.63, 3.8) is 0 Å². The quantitative estimate of drug-likeness (QED) is 0.233. The van der Waals surface area contributed by atoms with Crippen molar-refractivity contribution in [2.75, 3.05) is 11.5 Å². The maximum Gasteiger partial charge on any atom is 0.338 e. The van der Waals surface area contributed by atoms with Gasteiger partial charge in [0.05, 0.1) is 17.9 Å². The Hall–Kier alpha value is -3.75. The number of ether oxygens (including phenoxy) is 1. The van der Waals surface area contributed by atoms with E-state index in [-0.39, 0.29) is 17.3 Å². The normalized spacial score (nSPS) is 14.9. The Bertz CT molecular complexity index is 1410. The molecule has 4 rings (SSSR count). The number of benzene rings is 2. The molecule has 0 radical (unpaired) electrons. The van der Waals surface area contributed by atoms with Crippen LogP contribution in [0.5, 0.6) is 0 Å². The molecule has 7 nitrogen and oxygen atoms in total. The maximum atomic E-state index is 13.3. The predicted molar refractivity (Wildman–Crippen MR) is 139 cm³/mol. The van der Waals surface area contributed by atoms with Gasteiger partial charge in [-0.15, -0.1) is 0 Å². The third-order valence-corrected chi connectivity index (χ3v) is 6.07. The van der Waals surface area contributed by atoms with Crippen molar-refractivity contribution in [3.8, 4) is 5.69 Å². The summed E-state index contributed by atoms with van der Waals surface area (Å²) >= 11 is 11.3. The number of aryl methyl sites for hydroxylation is 1. The molecule has 1 N–H and O–H groups in total. The molecule has 0 atom stereocenters. The minimum atomic E-state index is -0.576. The molecule has 0 aliphatic carbocycles. The summed E-state index contributed by atoms with van der Waals surface area (Å²) in [4.78, 5) is 39.5. The van der Waals surface area contributed by atoms with E-state index in [0.717, 1.165) is 17.1 Å².